The van der Waals surface area contributed by atoms with Crippen LogP contribution in [0.3, 0.4) is 0 Å². The third-order valence-electron chi connectivity index (χ3n) is 3.58. The molecule has 0 amide bonds. The summed E-state index contributed by atoms with van der Waals surface area (Å²) in [6.45, 7) is 4.41. The van der Waals surface area contributed by atoms with E-state index in [1.54, 1.807) is 7.11 Å². The topological polar surface area (TPSA) is 21.3 Å². The van der Waals surface area contributed by atoms with E-state index in [-0.39, 0.29) is 0 Å². The number of halogens is 1. The van der Waals surface area contributed by atoms with E-state index in [1.165, 1.54) is 11.1 Å². The first-order valence-corrected chi connectivity index (χ1v) is 8.02. The number of benzene rings is 2. The van der Waals surface area contributed by atoms with Gasteiger partial charge in [-0.3, -0.25) is 0 Å². The molecule has 21 heavy (non-hydrogen) atoms. The highest BCUT2D eigenvalue weighted by atomic mass is 79.9. The van der Waals surface area contributed by atoms with E-state index in [0.29, 0.717) is 12.1 Å². The maximum absolute atomic E-state index is 5.28. The summed E-state index contributed by atoms with van der Waals surface area (Å²) in [6, 6.07) is 17.4. The van der Waals surface area contributed by atoms with Gasteiger partial charge in [-0.15, -0.1) is 0 Å². The molecule has 2 atom stereocenters. The summed E-state index contributed by atoms with van der Waals surface area (Å²) in [5.74, 6) is 0.904. The Morgan fingerprint density at radius 3 is 2.48 bits per heavy atom. The SMILES string of the molecule is COc1cccc([C@H](C)NC(C)Cc2ccc(Br)cc2)c1. The lowest BCUT2D eigenvalue weighted by Gasteiger charge is -2.21. The van der Waals surface area contributed by atoms with Crippen molar-refractivity contribution in [1.29, 1.82) is 0 Å². The average molecular weight is 348 g/mol. The third-order valence-corrected chi connectivity index (χ3v) is 4.11. The van der Waals surface area contributed by atoms with Crippen LogP contribution in [0.2, 0.25) is 0 Å². The van der Waals surface area contributed by atoms with Gasteiger partial charge in [0.2, 0.25) is 0 Å². The molecule has 112 valence electrons. The summed E-state index contributed by atoms with van der Waals surface area (Å²) in [5, 5.41) is 3.64. The van der Waals surface area contributed by atoms with Crippen LogP contribution in [0, 0.1) is 0 Å². The van der Waals surface area contributed by atoms with Gasteiger partial charge in [0, 0.05) is 16.6 Å². The number of nitrogens with one attached hydrogen (secondary N) is 1. The predicted octanol–water partition coefficient (Wildman–Crippen LogP) is 4.74. The quantitative estimate of drug-likeness (QED) is 0.814. The molecule has 0 fully saturated rings. The Balaban J connectivity index is 1.94. The second-order valence-electron chi connectivity index (χ2n) is 5.40. The minimum absolute atomic E-state index is 0.297. The second-order valence-corrected chi connectivity index (χ2v) is 6.31. The number of rotatable bonds is 6. The molecule has 2 nitrogen and oxygen atoms in total. The Kier molecular flexibility index (Phi) is 5.83. The molecular formula is C18H22BrNO. The van der Waals surface area contributed by atoms with Crippen molar-refractivity contribution in [2.45, 2.75) is 32.4 Å². The monoisotopic (exact) mass is 347 g/mol. The molecule has 0 heterocycles. The number of hydrogen-bond donors (Lipinski definition) is 1. The van der Waals surface area contributed by atoms with E-state index >= 15 is 0 Å². The Morgan fingerprint density at radius 2 is 1.81 bits per heavy atom. The number of hydrogen-bond acceptors (Lipinski definition) is 2. The van der Waals surface area contributed by atoms with Crippen LogP contribution in [-0.2, 0) is 6.42 Å². The number of methoxy groups -OCH3 is 1. The summed E-state index contributed by atoms with van der Waals surface area (Å²) in [4.78, 5) is 0. The molecule has 0 spiro atoms. The molecule has 0 aliphatic rings. The van der Waals surface area contributed by atoms with Crippen molar-refractivity contribution < 1.29 is 4.74 Å². The molecule has 0 aromatic heterocycles. The van der Waals surface area contributed by atoms with Gasteiger partial charge in [-0.05, 0) is 55.7 Å². The van der Waals surface area contributed by atoms with Crippen molar-refractivity contribution in [3.8, 4) is 5.75 Å². The average Bonchev–Trinajstić information content (AvgIpc) is 2.49. The van der Waals surface area contributed by atoms with Crippen LogP contribution in [0.5, 0.6) is 5.75 Å². The lowest BCUT2D eigenvalue weighted by atomic mass is 10.0. The first-order chi connectivity index (χ1) is 10.1. The van der Waals surface area contributed by atoms with Gasteiger partial charge in [-0.25, -0.2) is 0 Å². The minimum Gasteiger partial charge on any atom is -0.497 e. The zero-order chi connectivity index (χ0) is 15.2. The molecular weight excluding hydrogens is 326 g/mol. The van der Waals surface area contributed by atoms with Gasteiger partial charge in [-0.1, -0.05) is 40.2 Å². The molecule has 0 aliphatic heterocycles. The summed E-state index contributed by atoms with van der Waals surface area (Å²) < 4.78 is 6.41. The van der Waals surface area contributed by atoms with E-state index < -0.39 is 0 Å². The smallest absolute Gasteiger partial charge is 0.119 e. The number of ether oxygens (including phenoxy) is 1. The van der Waals surface area contributed by atoms with E-state index in [0.717, 1.165) is 16.6 Å². The summed E-state index contributed by atoms with van der Waals surface area (Å²) in [7, 11) is 1.70. The van der Waals surface area contributed by atoms with Gasteiger partial charge in [0.15, 0.2) is 0 Å². The molecule has 2 aromatic carbocycles. The highest BCUT2D eigenvalue weighted by Gasteiger charge is 2.10. The molecule has 2 rings (SSSR count). The van der Waals surface area contributed by atoms with Crippen LogP contribution in [0.1, 0.15) is 31.0 Å². The second kappa shape index (κ2) is 7.62. The molecule has 0 aliphatic carbocycles. The van der Waals surface area contributed by atoms with Gasteiger partial charge in [-0.2, -0.15) is 0 Å². The van der Waals surface area contributed by atoms with Crippen molar-refractivity contribution in [1.82, 2.24) is 5.32 Å². The fourth-order valence-electron chi connectivity index (χ4n) is 2.47. The van der Waals surface area contributed by atoms with Crippen molar-refractivity contribution >= 4 is 15.9 Å². The fraction of sp³-hybridized carbons (Fsp3) is 0.333. The standard InChI is InChI=1S/C18H22BrNO/c1-13(11-15-7-9-17(19)10-8-15)20-14(2)16-5-4-6-18(12-16)21-3/h4-10,12-14,20H,11H2,1-3H3/t13?,14-/m0/s1. The van der Waals surface area contributed by atoms with Gasteiger partial charge in [0.05, 0.1) is 7.11 Å². The Morgan fingerprint density at radius 1 is 1.10 bits per heavy atom. The molecule has 0 bridgehead atoms. The van der Waals surface area contributed by atoms with Crippen molar-refractivity contribution in [3.63, 3.8) is 0 Å². The van der Waals surface area contributed by atoms with E-state index in [9.17, 15) is 0 Å². The summed E-state index contributed by atoms with van der Waals surface area (Å²) in [5.41, 5.74) is 2.59. The van der Waals surface area contributed by atoms with Crippen LogP contribution in [-0.4, -0.2) is 13.2 Å². The first kappa shape index (κ1) is 16.1. The molecule has 1 N–H and O–H groups in total. The molecule has 0 radical (unpaired) electrons. The van der Waals surface area contributed by atoms with Crippen LogP contribution in [0.25, 0.3) is 0 Å². The predicted molar refractivity (Wildman–Crippen MR) is 91.9 cm³/mol. The lowest BCUT2D eigenvalue weighted by molar-refractivity contribution is 0.412. The summed E-state index contributed by atoms with van der Waals surface area (Å²) >= 11 is 3.47. The van der Waals surface area contributed by atoms with Crippen molar-refractivity contribution in [2.24, 2.45) is 0 Å². The Labute approximate surface area is 135 Å². The van der Waals surface area contributed by atoms with Gasteiger partial charge in [0.1, 0.15) is 5.75 Å². The molecule has 3 heteroatoms. The van der Waals surface area contributed by atoms with Crippen LogP contribution < -0.4 is 10.1 Å². The van der Waals surface area contributed by atoms with Crippen LogP contribution in [0.4, 0.5) is 0 Å². The maximum Gasteiger partial charge on any atom is 0.119 e. The molecule has 1 unspecified atom stereocenters. The van der Waals surface area contributed by atoms with E-state index in [2.05, 4.69) is 71.5 Å². The maximum atomic E-state index is 5.28. The van der Waals surface area contributed by atoms with Gasteiger partial charge in [0.25, 0.3) is 0 Å². The zero-order valence-corrected chi connectivity index (χ0v) is 14.4. The molecule has 0 saturated carbocycles. The summed E-state index contributed by atoms with van der Waals surface area (Å²) in [6.07, 6.45) is 1.02. The highest BCUT2D eigenvalue weighted by Crippen LogP contribution is 2.20. The van der Waals surface area contributed by atoms with Crippen LogP contribution in [0.15, 0.2) is 53.0 Å². The lowest BCUT2D eigenvalue weighted by Crippen LogP contribution is -2.30. The minimum atomic E-state index is 0.297. The van der Waals surface area contributed by atoms with E-state index in [4.69, 9.17) is 4.74 Å². The Bertz CT molecular complexity index is 568. The van der Waals surface area contributed by atoms with Crippen molar-refractivity contribution in [3.05, 3.63) is 64.1 Å². The fourth-order valence-corrected chi connectivity index (χ4v) is 2.73. The molecule has 2 aromatic rings. The van der Waals surface area contributed by atoms with Crippen molar-refractivity contribution in [2.75, 3.05) is 7.11 Å². The largest absolute Gasteiger partial charge is 0.497 e. The van der Waals surface area contributed by atoms with Gasteiger partial charge >= 0.3 is 0 Å². The highest BCUT2D eigenvalue weighted by molar-refractivity contribution is 9.10. The normalized spacial score (nSPS) is 13.7. The zero-order valence-electron chi connectivity index (χ0n) is 12.8. The van der Waals surface area contributed by atoms with E-state index in [1.807, 2.05) is 12.1 Å². The Hall–Kier alpha value is -1.32. The molecule has 0 saturated heterocycles. The third kappa shape index (κ3) is 4.87. The van der Waals surface area contributed by atoms with Gasteiger partial charge < -0.3 is 10.1 Å². The first-order valence-electron chi connectivity index (χ1n) is 7.23. The van der Waals surface area contributed by atoms with Crippen LogP contribution >= 0.6 is 15.9 Å².